The second kappa shape index (κ2) is 6.54. The lowest BCUT2D eigenvalue weighted by Crippen LogP contribution is -2.23. The first-order valence-electron chi connectivity index (χ1n) is 6.28. The average Bonchev–Trinajstić information content (AvgIpc) is 2.91. The van der Waals surface area contributed by atoms with Crippen LogP contribution in [0.25, 0.3) is 0 Å². The SMILES string of the molecule is Cn1cc(S(=O)(=O)NCc2ccccc2C#CCN)cn1. The number of hydrogen-bond donors (Lipinski definition) is 2. The number of nitrogens with one attached hydrogen (secondary N) is 1. The van der Waals surface area contributed by atoms with Crippen molar-refractivity contribution >= 4 is 10.0 Å². The normalized spacial score (nSPS) is 11.0. The maximum atomic E-state index is 12.1. The maximum absolute atomic E-state index is 12.1. The molecule has 110 valence electrons. The second-order valence-corrected chi connectivity index (χ2v) is 6.10. The summed E-state index contributed by atoms with van der Waals surface area (Å²) in [6.45, 7) is 0.419. The molecule has 0 radical (unpaired) electrons. The fraction of sp³-hybridized carbons (Fsp3) is 0.214. The third kappa shape index (κ3) is 3.92. The molecule has 0 aliphatic carbocycles. The Balaban J connectivity index is 2.17. The van der Waals surface area contributed by atoms with E-state index >= 15 is 0 Å². The fourth-order valence-electron chi connectivity index (χ4n) is 1.74. The van der Waals surface area contributed by atoms with Gasteiger partial charge in [-0.15, -0.1) is 0 Å². The van der Waals surface area contributed by atoms with Crippen LogP contribution in [0.2, 0.25) is 0 Å². The lowest BCUT2D eigenvalue weighted by atomic mass is 10.1. The highest BCUT2D eigenvalue weighted by atomic mass is 32.2. The Morgan fingerprint density at radius 3 is 2.81 bits per heavy atom. The number of hydrogen-bond acceptors (Lipinski definition) is 4. The Morgan fingerprint density at radius 1 is 1.38 bits per heavy atom. The highest BCUT2D eigenvalue weighted by molar-refractivity contribution is 7.89. The van der Waals surface area contributed by atoms with E-state index in [0.717, 1.165) is 11.1 Å². The van der Waals surface area contributed by atoms with E-state index in [9.17, 15) is 8.42 Å². The Hall–Kier alpha value is -2.14. The van der Waals surface area contributed by atoms with Gasteiger partial charge < -0.3 is 5.73 Å². The Bertz CT molecular complexity index is 785. The third-order valence-electron chi connectivity index (χ3n) is 2.79. The second-order valence-electron chi connectivity index (χ2n) is 4.34. The van der Waals surface area contributed by atoms with Crippen LogP contribution < -0.4 is 10.5 Å². The standard InChI is InChI=1S/C14H16N4O2S/c1-18-11-14(10-16-18)21(19,20)17-9-13-6-3-2-5-12(13)7-4-8-15/h2-3,5-6,10-11,17H,8-9,15H2,1H3. The molecule has 1 heterocycles. The molecule has 21 heavy (non-hydrogen) atoms. The van der Waals surface area contributed by atoms with Crippen molar-refractivity contribution in [3.05, 3.63) is 47.8 Å². The van der Waals surface area contributed by atoms with E-state index in [0.29, 0.717) is 0 Å². The summed E-state index contributed by atoms with van der Waals surface area (Å²) >= 11 is 0. The molecule has 7 heteroatoms. The Morgan fingerprint density at radius 2 is 2.14 bits per heavy atom. The molecule has 1 aromatic heterocycles. The number of sulfonamides is 1. The quantitative estimate of drug-likeness (QED) is 0.790. The topological polar surface area (TPSA) is 90.0 Å². The van der Waals surface area contributed by atoms with Crippen LogP contribution in [-0.4, -0.2) is 24.7 Å². The van der Waals surface area contributed by atoms with Crippen molar-refractivity contribution in [1.29, 1.82) is 0 Å². The van der Waals surface area contributed by atoms with E-state index in [1.807, 2.05) is 24.3 Å². The number of benzene rings is 1. The number of nitrogens with zero attached hydrogens (tertiary/aromatic N) is 2. The highest BCUT2D eigenvalue weighted by Gasteiger charge is 2.16. The first-order valence-corrected chi connectivity index (χ1v) is 7.76. The van der Waals surface area contributed by atoms with Gasteiger partial charge in [0, 0.05) is 25.4 Å². The number of aromatic nitrogens is 2. The summed E-state index contributed by atoms with van der Waals surface area (Å²) in [5.41, 5.74) is 6.91. The van der Waals surface area contributed by atoms with Gasteiger partial charge in [-0.25, -0.2) is 13.1 Å². The largest absolute Gasteiger partial charge is 0.320 e. The zero-order chi connectivity index (χ0) is 15.3. The Labute approximate surface area is 124 Å². The van der Waals surface area contributed by atoms with E-state index in [-0.39, 0.29) is 18.0 Å². The monoisotopic (exact) mass is 304 g/mol. The van der Waals surface area contributed by atoms with Gasteiger partial charge in [-0.2, -0.15) is 5.10 Å². The zero-order valence-corrected chi connectivity index (χ0v) is 12.4. The predicted octanol–water partition coefficient (Wildman–Crippen LogP) is 0.209. The predicted molar refractivity (Wildman–Crippen MR) is 79.6 cm³/mol. The van der Waals surface area contributed by atoms with Crippen molar-refractivity contribution in [2.45, 2.75) is 11.4 Å². The summed E-state index contributed by atoms with van der Waals surface area (Å²) in [6, 6.07) is 7.34. The maximum Gasteiger partial charge on any atom is 0.243 e. The van der Waals surface area contributed by atoms with E-state index in [2.05, 4.69) is 21.7 Å². The van der Waals surface area contributed by atoms with Crippen molar-refractivity contribution in [2.24, 2.45) is 12.8 Å². The van der Waals surface area contributed by atoms with Crippen LogP contribution in [0.4, 0.5) is 0 Å². The minimum Gasteiger partial charge on any atom is -0.320 e. The summed E-state index contributed by atoms with van der Waals surface area (Å²) in [5.74, 6) is 5.69. The lowest BCUT2D eigenvalue weighted by molar-refractivity contribution is 0.581. The molecule has 0 saturated carbocycles. The van der Waals surface area contributed by atoms with Crippen LogP contribution in [0.3, 0.4) is 0 Å². The van der Waals surface area contributed by atoms with Crippen molar-refractivity contribution in [3.63, 3.8) is 0 Å². The zero-order valence-electron chi connectivity index (χ0n) is 11.6. The van der Waals surface area contributed by atoms with Crippen LogP contribution in [-0.2, 0) is 23.6 Å². The van der Waals surface area contributed by atoms with Crippen LogP contribution in [0, 0.1) is 11.8 Å². The van der Waals surface area contributed by atoms with Crippen molar-refractivity contribution in [2.75, 3.05) is 6.54 Å². The minimum atomic E-state index is -3.58. The van der Waals surface area contributed by atoms with E-state index in [1.165, 1.54) is 17.1 Å². The molecule has 1 aromatic carbocycles. The van der Waals surface area contributed by atoms with Gasteiger partial charge in [0.2, 0.25) is 10.0 Å². The van der Waals surface area contributed by atoms with Gasteiger partial charge in [-0.05, 0) is 11.6 Å². The summed E-state index contributed by atoms with van der Waals surface area (Å²) in [4.78, 5) is 0.135. The first kappa shape index (κ1) is 15.3. The molecular weight excluding hydrogens is 288 g/mol. The summed E-state index contributed by atoms with van der Waals surface area (Å²) < 4.78 is 28.2. The first-order chi connectivity index (χ1) is 10.0. The molecule has 6 nitrogen and oxygen atoms in total. The van der Waals surface area contributed by atoms with Crippen molar-refractivity contribution in [3.8, 4) is 11.8 Å². The summed E-state index contributed by atoms with van der Waals surface area (Å²) in [6.07, 6.45) is 2.75. The molecule has 0 atom stereocenters. The van der Waals surface area contributed by atoms with Crippen LogP contribution >= 0.6 is 0 Å². The molecular formula is C14H16N4O2S. The Kier molecular flexibility index (Phi) is 4.75. The molecule has 0 amide bonds. The van der Waals surface area contributed by atoms with E-state index in [1.54, 1.807) is 7.05 Å². The van der Waals surface area contributed by atoms with Gasteiger partial charge in [0.1, 0.15) is 4.90 Å². The third-order valence-corrected chi connectivity index (χ3v) is 4.14. The lowest BCUT2D eigenvalue weighted by Gasteiger charge is -2.06. The van der Waals surface area contributed by atoms with Gasteiger partial charge in [0.25, 0.3) is 0 Å². The van der Waals surface area contributed by atoms with Gasteiger partial charge in [-0.3, -0.25) is 4.68 Å². The smallest absolute Gasteiger partial charge is 0.243 e. The van der Waals surface area contributed by atoms with Gasteiger partial charge in [0.15, 0.2) is 0 Å². The average molecular weight is 304 g/mol. The van der Waals surface area contributed by atoms with Gasteiger partial charge >= 0.3 is 0 Å². The summed E-state index contributed by atoms with van der Waals surface area (Å²) in [5, 5.41) is 3.86. The van der Waals surface area contributed by atoms with Crippen molar-refractivity contribution in [1.82, 2.24) is 14.5 Å². The van der Waals surface area contributed by atoms with Gasteiger partial charge in [-0.1, -0.05) is 30.0 Å². The van der Waals surface area contributed by atoms with E-state index < -0.39 is 10.0 Å². The van der Waals surface area contributed by atoms with Crippen molar-refractivity contribution < 1.29 is 8.42 Å². The number of nitrogens with two attached hydrogens (primary N) is 1. The highest BCUT2D eigenvalue weighted by Crippen LogP contribution is 2.10. The summed E-state index contributed by atoms with van der Waals surface area (Å²) in [7, 11) is -1.92. The molecule has 0 aliphatic rings. The molecule has 0 unspecified atom stereocenters. The molecule has 2 aromatic rings. The fourth-order valence-corrected chi connectivity index (χ4v) is 2.73. The van der Waals surface area contributed by atoms with Crippen LogP contribution in [0.5, 0.6) is 0 Å². The molecule has 0 saturated heterocycles. The number of aryl methyl sites for hydroxylation is 1. The molecule has 2 rings (SSSR count). The van der Waals surface area contributed by atoms with Crippen LogP contribution in [0.15, 0.2) is 41.6 Å². The van der Waals surface area contributed by atoms with Gasteiger partial charge in [0.05, 0.1) is 12.7 Å². The molecule has 0 spiro atoms. The van der Waals surface area contributed by atoms with E-state index in [4.69, 9.17) is 5.73 Å². The number of rotatable bonds is 4. The molecule has 3 N–H and O–H groups in total. The molecule has 0 aliphatic heterocycles. The molecule has 0 bridgehead atoms. The molecule has 0 fully saturated rings. The van der Waals surface area contributed by atoms with Crippen LogP contribution in [0.1, 0.15) is 11.1 Å². The minimum absolute atomic E-state index is 0.135.